The van der Waals surface area contributed by atoms with Gasteiger partial charge in [-0.3, -0.25) is 0 Å². The van der Waals surface area contributed by atoms with E-state index >= 15 is 0 Å². The Morgan fingerprint density at radius 3 is 2.13 bits per heavy atom. The van der Waals surface area contributed by atoms with Gasteiger partial charge in [-0.15, -0.1) is 0 Å². The lowest BCUT2D eigenvalue weighted by Gasteiger charge is -2.25. The fourth-order valence-corrected chi connectivity index (χ4v) is 1.92. The van der Waals surface area contributed by atoms with Crippen molar-refractivity contribution in [3.8, 4) is 0 Å². The highest BCUT2D eigenvalue weighted by molar-refractivity contribution is 4.70. The molecule has 15 heavy (non-hydrogen) atoms. The molecule has 0 saturated carbocycles. The van der Waals surface area contributed by atoms with Gasteiger partial charge in [-0.2, -0.15) is 0 Å². The maximum absolute atomic E-state index is 9.96. The van der Waals surface area contributed by atoms with Crippen LogP contribution >= 0.6 is 0 Å². The largest absolute Gasteiger partial charge is 0.393 e. The summed E-state index contributed by atoms with van der Waals surface area (Å²) in [5, 5.41) is 9.96. The number of hydrogen-bond donors (Lipinski definition) is 1. The minimum Gasteiger partial charge on any atom is -0.393 e. The van der Waals surface area contributed by atoms with Gasteiger partial charge in [0, 0.05) is 13.2 Å². The van der Waals surface area contributed by atoms with Gasteiger partial charge in [-0.05, 0) is 24.2 Å². The summed E-state index contributed by atoms with van der Waals surface area (Å²) in [5.74, 6) is 1.54. The number of aliphatic hydroxyl groups is 1. The average Bonchev–Trinajstić information content (AvgIpc) is 2.12. The van der Waals surface area contributed by atoms with Gasteiger partial charge in [0.2, 0.25) is 0 Å². The average molecular weight is 216 g/mol. The quantitative estimate of drug-likeness (QED) is 0.632. The second-order valence-corrected chi connectivity index (χ2v) is 5.14. The first-order valence-corrected chi connectivity index (χ1v) is 6.24. The summed E-state index contributed by atoms with van der Waals surface area (Å²) in [6.45, 7) is 12.2. The molecule has 0 spiro atoms. The monoisotopic (exact) mass is 216 g/mol. The van der Waals surface area contributed by atoms with E-state index in [1.54, 1.807) is 0 Å². The van der Waals surface area contributed by atoms with Crippen LogP contribution in [-0.2, 0) is 4.74 Å². The second kappa shape index (κ2) is 8.12. The molecule has 0 aromatic heterocycles. The lowest BCUT2D eigenvalue weighted by atomic mass is 9.87. The summed E-state index contributed by atoms with van der Waals surface area (Å²) in [5.41, 5.74) is 0. The molecule has 0 aliphatic carbocycles. The normalized spacial score (nSPS) is 16.0. The summed E-state index contributed by atoms with van der Waals surface area (Å²) in [4.78, 5) is 0. The van der Waals surface area contributed by atoms with Crippen molar-refractivity contribution in [3.63, 3.8) is 0 Å². The Balaban J connectivity index is 3.66. The molecule has 2 unspecified atom stereocenters. The molecule has 1 N–H and O–H groups in total. The van der Waals surface area contributed by atoms with Gasteiger partial charge in [0.05, 0.1) is 6.10 Å². The molecule has 0 fully saturated rings. The molecule has 0 saturated heterocycles. The summed E-state index contributed by atoms with van der Waals surface area (Å²) < 4.78 is 5.48. The maximum Gasteiger partial charge on any atom is 0.0592 e. The Hall–Kier alpha value is -0.0800. The van der Waals surface area contributed by atoms with Gasteiger partial charge < -0.3 is 9.84 Å². The van der Waals surface area contributed by atoms with E-state index in [2.05, 4.69) is 34.6 Å². The molecular weight excluding hydrogens is 188 g/mol. The summed E-state index contributed by atoms with van der Waals surface area (Å²) in [6, 6.07) is 0. The second-order valence-electron chi connectivity index (χ2n) is 5.14. The summed E-state index contributed by atoms with van der Waals surface area (Å²) in [7, 11) is 0. The Morgan fingerprint density at radius 2 is 1.73 bits per heavy atom. The highest BCUT2D eigenvalue weighted by atomic mass is 16.5. The van der Waals surface area contributed by atoms with E-state index in [0.717, 1.165) is 19.4 Å². The van der Waals surface area contributed by atoms with Gasteiger partial charge in [0.25, 0.3) is 0 Å². The van der Waals surface area contributed by atoms with E-state index in [4.69, 9.17) is 4.74 Å². The van der Waals surface area contributed by atoms with E-state index < -0.39 is 0 Å². The van der Waals surface area contributed by atoms with Crippen molar-refractivity contribution in [2.75, 3.05) is 13.2 Å². The predicted octanol–water partition coefficient (Wildman–Crippen LogP) is 3.09. The maximum atomic E-state index is 9.96. The van der Waals surface area contributed by atoms with E-state index in [-0.39, 0.29) is 6.10 Å². The van der Waals surface area contributed by atoms with Crippen LogP contribution in [0.15, 0.2) is 0 Å². The Bertz CT molecular complexity index is 143. The number of rotatable bonds is 8. The third-order valence-corrected chi connectivity index (χ3v) is 2.83. The van der Waals surface area contributed by atoms with Crippen LogP contribution in [0.1, 0.15) is 47.5 Å². The minimum absolute atomic E-state index is 0.206. The smallest absolute Gasteiger partial charge is 0.0592 e. The highest BCUT2D eigenvalue weighted by Crippen LogP contribution is 2.21. The SMILES string of the molecule is CCC(C(C)C)C(O)CCOCC(C)C. The van der Waals surface area contributed by atoms with E-state index in [9.17, 15) is 5.11 Å². The molecule has 0 aromatic rings. The highest BCUT2D eigenvalue weighted by Gasteiger charge is 2.20. The first-order valence-electron chi connectivity index (χ1n) is 6.24. The predicted molar refractivity (Wildman–Crippen MR) is 64.9 cm³/mol. The molecule has 0 aliphatic rings. The van der Waals surface area contributed by atoms with Crippen LogP contribution in [0, 0.1) is 17.8 Å². The van der Waals surface area contributed by atoms with Crippen molar-refractivity contribution in [2.45, 2.75) is 53.6 Å². The van der Waals surface area contributed by atoms with Crippen molar-refractivity contribution >= 4 is 0 Å². The lowest BCUT2D eigenvalue weighted by Crippen LogP contribution is -2.26. The van der Waals surface area contributed by atoms with Crippen molar-refractivity contribution < 1.29 is 9.84 Å². The van der Waals surface area contributed by atoms with Crippen molar-refractivity contribution in [1.82, 2.24) is 0 Å². The molecule has 2 nitrogen and oxygen atoms in total. The molecule has 0 bridgehead atoms. The first kappa shape index (κ1) is 14.9. The standard InChI is InChI=1S/C13H28O2/c1-6-12(11(4)5)13(14)7-8-15-9-10(2)3/h10-14H,6-9H2,1-5H3. The van der Waals surface area contributed by atoms with Crippen LogP contribution in [0.2, 0.25) is 0 Å². The molecule has 0 rings (SSSR count). The van der Waals surface area contributed by atoms with Crippen molar-refractivity contribution in [1.29, 1.82) is 0 Å². The molecule has 0 aromatic carbocycles. The first-order chi connectivity index (χ1) is 6.99. The number of aliphatic hydroxyl groups excluding tert-OH is 1. The Morgan fingerprint density at radius 1 is 1.13 bits per heavy atom. The zero-order valence-corrected chi connectivity index (χ0v) is 11.0. The lowest BCUT2D eigenvalue weighted by molar-refractivity contribution is 0.0288. The fraction of sp³-hybridized carbons (Fsp3) is 1.00. The van der Waals surface area contributed by atoms with Crippen LogP contribution in [0.3, 0.4) is 0 Å². The third kappa shape index (κ3) is 6.91. The van der Waals surface area contributed by atoms with E-state index in [1.165, 1.54) is 0 Å². The Kier molecular flexibility index (Phi) is 8.07. The Labute approximate surface area is 95.0 Å². The number of hydrogen-bond acceptors (Lipinski definition) is 2. The molecule has 2 heteroatoms. The fourth-order valence-electron chi connectivity index (χ4n) is 1.92. The van der Waals surface area contributed by atoms with Gasteiger partial charge in [-0.25, -0.2) is 0 Å². The zero-order chi connectivity index (χ0) is 11.8. The van der Waals surface area contributed by atoms with Gasteiger partial charge in [0.1, 0.15) is 0 Å². The van der Waals surface area contributed by atoms with Crippen molar-refractivity contribution in [3.05, 3.63) is 0 Å². The molecule has 0 amide bonds. The van der Waals surface area contributed by atoms with Crippen LogP contribution in [-0.4, -0.2) is 24.4 Å². The molecule has 0 radical (unpaired) electrons. The molecule has 92 valence electrons. The van der Waals surface area contributed by atoms with Crippen LogP contribution < -0.4 is 0 Å². The molecule has 2 atom stereocenters. The van der Waals surface area contributed by atoms with Gasteiger partial charge >= 0.3 is 0 Å². The van der Waals surface area contributed by atoms with E-state index in [1.807, 2.05) is 0 Å². The topological polar surface area (TPSA) is 29.5 Å². The van der Waals surface area contributed by atoms with Gasteiger partial charge in [-0.1, -0.05) is 41.0 Å². The van der Waals surface area contributed by atoms with Crippen molar-refractivity contribution in [2.24, 2.45) is 17.8 Å². The third-order valence-electron chi connectivity index (χ3n) is 2.83. The van der Waals surface area contributed by atoms with Gasteiger partial charge in [0.15, 0.2) is 0 Å². The minimum atomic E-state index is -0.206. The zero-order valence-electron chi connectivity index (χ0n) is 11.0. The molecular formula is C13H28O2. The van der Waals surface area contributed by atoms with Crippen LogP contribution in [0.25, 0.3) is 0 Å². The molecule has 0 heterocycles. The van der Waals surface area contributed by atoms with Crippen LogP contribution in [0.5, 0.6) is 0 Å². The summed E-state index contributed by atoms with van der Waals surface area (Å²) >= 11 is 0. The van der Waals surface area contributed by atoms with E-state index in [0.29, 0.717) is 24.4 Å². The molecule has 0 aliphatic heterocycles. The summed E-state index contributed by atoms with van der Waals surface area (Å²) in [6.07, 6.45) is 1.61. The van der Waals surface area contributed by atoms with Crippen LogP contribution in [0.4, 0.5) is 0 Å². The number of ether oxygens (including phenoxy) is 1.